The van der Waals surface area contributed by atoms with Crippen LogP contribution >= 0.6 is 22.9 Å². The summed E-state index contributed by atoms with van der Waals surface area (Å²) >= 11 is 6.78. The number of benzene rings is 1. The molecule has 1 heterocycles. The van der Waals surface area contributed by atoms with Gasteiger partial charge in [0.25, 0.3) is 0 Å². The summed E-state index contributed by atoms with van der Waals surface area (Å²) in [5.41, 5.74) is 3.22. The Morgan fingerprint density at radius 1 is 1.27 bits per heavy atom. The van der Waals surface area contributed by atoms with Gasteiger partial charge in [-0.1, -0.05) is 31.2 Å². The third-order valence-corrected chi connectivity index (χ3v) is 4.37. The van der Waals surface area contributed by atoms with Crippen molar-refractivity contribution in [1.82, 2.24) is 0 Å². The molecule has 0 aliphatic heterocycles. The van der Waals surface area contributed by atoms with Crippen LogP contribution in [-0.4, -0.2) is 24.9 Å². The van der Waals surface area contributed by atoms with Crippen molar-refractivity contribution in [2.24, 2.45) is 0 Å². The summed E-state index contributed by atoms with van der Waals surface area (Å²) in [5.74, 6) is -1.01. The second-order valence-electron chi connectivity index (χ2n) is 4.58. The Bertz CT molecular complexity index is 679. The fourth-order valence-corrected chi connectivity index (χ4v) is 3.09. The lowest BCUT2D eigenvalue weighted by Gasteiger charge is -2.07. The molecule has 4 nitrogen and oxygen atoms in total. The zero-order chi connectivity index (χ0) is 16.1. The number of amides is 1. The maximum Gasteiger partial charge on any atom is 0.341 e. The average molecular weight is 338 g/mol. The molecule has 0 saturated carbocycles. The van der Waals surface area contributed by atoms with Crippen molar-refractivity contribution >= 4 is 39.8 Å². The Morgan fingerprint density at radius 3 is 2.50 bits per heavy atom. The van der Waals surface area contributed by atoms with Crippen molar-refractivity contribution in [3.05, 3.63) is 40.8 Å². The molecule has 0 aliphatic rings. The van der Waals surface area contributed by atoms with Gasteiger partial charge < -0.3 is 10.1 Å². The molecule has 6 heteroatoms. The minimum atomic E-state index is -0.485. The van der Waals surface area contributed by atoms with E-state index in [0.717, 1.165) is 17.5 Å². The van der Waals surface area contributed by atoms with E-state index in [9.17, 15) is 9.59 Å². The molecule has 116 valence electrons. The molecular formula is C16H16ClNO3S. The summed E-state index contributed by atoms with van der Waals surface area (Å²) in [6.07, 6.45) is 0.949. The lowest BCUT2D eigenvalue weighted by atomic mass is 10.0. The van der Waals surface area contributed by atoms with Gasteiger partial charge in [0.1, 0.15) is 16.4 Å². The SMILES string of the molecule is CCc1ccc(-c2csc(NC(=O)CCl)c2C(=O)OC)cc1. The topological polar surface area (TPSA) is 55.4 Å². The zero-order valence-corrected chi connectivity index (χ0v) is 13.9. The van der Waals surface area contributed by atoms with Crippen LogP contribution < -0.4 is 5.32 Å². The molecular weight excluding hydrogens is 322 g/mol. The predicted molar refractivity (Wildman–Crippen MR) is 89.8 cm³/mol. The minimum absolute atomic E-state index is 0.168. The molecule has 2 rings (SSSR count). The highest BCUT2D eigenvalue weighted by Gasteiger charge is 2.22. The second kappa shape index (κ2) is 7.42. The fourth-order valence-electron chi connectivity index (χ4n) is 2.05. The number of methoxy groups -OCH3 is 1. The van der Waals surface area contributed by atoms with E-state index in [0.29, 0.717) is 10.6 Å². The molecule has 0 radical (unpaired) electrons. The number of hydrogen-bond donors (Lipinski definition) is 1. The molecule has 0 atom stereocenters. The molecule has 0 aliphatic carbocycles. The van der Waals surface area contributed by atoms with E-state index in [2.05, 4.69) is 12.2 Å². The van der Waals surface area contributed by atoms with Gasteiger partial charge in [0, 0.05) is 10.9 Å². The molecule has 22 heavy (non-hydrogen) atoms. The number of anilines is 1. The van der Waals surface area contributed by atoms with Gasteiger partial charge in [-0.15, -0.1) is 22.9 Å². The van der Waals surface area contributed by atoms with Gasteiger partial charge in [-0.05, 0) is 17.5 Å². The van der Waals surface area contributed by atoms with Crippen molar-refractivity contribution in [2.45, 2.75) is 13.3 Å². The first-order chi connectivity index (χ1) is 10.6. The quantitative estimate of drug-likeness (QED) is 0.664. The summed E-state index contributed by atoms with van der Waals surface area (Å²) in [6, 6.07) is 7.96. The van der Waals surface area contributed by atoms with Crippen molar-refractivity contribution in [2.75, 3.05) is 18.3 Å². The van der Waals surface area contributed by atoms with E-state index in [4.69, 9.17) is 16.3 Å². The Kier molecular flexibility index (Phi) is 5.57. The number of nitrogens with one attached hydrogen (secondary N) is 1. The first-order valence-electron chi connectivity index (χ1n) is 6.75. The number of hydrogen-bond acceptors (Lipinski definition) is 4. The van der Waals surface area contributed by atoms with Gasteiger partial charge in [-0.2, -0.15) is 0 Å². The highest BCUT2D eigenvalue weighted by atomic mass is 35.5. The minimum Gasteiger partial charge on any atom is -0.465 e. The Labute approximate surface area is 138 Å². The third-order valence-electron chi connectivity index (χ3n) is 3.23. The van der Waals surface area contributed by atoms with Crippen LogP contribution in [0.25, 0.3) is 11.1 Å². The van der Waals surface area contributed by atoms with Crippen molar-refractivity contribution < 1.29 is 14.3 Å². The molecule has 1 N–H and O–H groups in total. The van der Waals surface area contributed by atoms with Gasteiger partial charge in [-0.3, -0.25) is 4.79 Å². The van der Waals surface area contributed by atoms with E-state index in [1.165, 1.54) is 24.0 Å². The van der Waals surface area contributed by atoms with Crippen LogP contribution in [0.15, 0.2) is 29.6 Å². The highest BCUT2D eigenvalue weighted by molar-refractivity contribution is 7.15. The molecule has 0 bridgehead atoms. The van der Waals surface area contributed by atoms with E-state index in [-0.39, 0.29) is 11.8 Å². The van der Waals surface area contributed by atoms with Gasteiger partial charge in [0.05, 0.1) is 7.11 Å². The number of thiophene rings is 1. The maximum atomic E-state index is 12.1. The standard InChI is InChI=1S/C16H16ClNO3S/c1-3-10-4-6-11(7-5-10)12-9-22-15(18-13(19)8-17)14(12)16(20)21-2/h4-7,9H,3,8H2,1-2H3,(H,18,19). The maximum absolute atomic E-state index is 12.1. The number of ether oxygens (including phenoxy) is 1. The number of alkyl halides is 1. The molecule has 0 fully saturated rings. The van der Waals surface area contributed by atoms with Crippen LogP contribution in [-0.2, 0) is 16.0 Å². The van der Waals surface area contributed by atoms with Gasteiger partial charge in [0.2, 0.25) is 5.91 Å². The largest absolute Gasteiger partial charge is 0.465 e. The number of halogens is 1. The normalized spacial score (nSPS) is 10.3. The van der Waals surface area contributed by atoms with E-state index >= 15 is 0 Å². The van der Waals surface area contributed by atoms with Gasteiger partial charge in [0.15, 0.2) is 0 Å². The predicted octanol–water partition coefficient (Wildman–Crippen LogP) is 3.94. The number of carbonyl (C=O) groups is 2. The van der Waals surface area contributed by atoms with Crippen LogP contribution in [0.3, 0.4) is 0 Å². The molecule has 1 aromatic heterocycles. The molecule has 1 aromatic carbocycles. The highest BCUT2D eigenvalue weighted by Crippen LogP contribution is 2.36. The first kappa shape index (κ1) is 16.5. The number of carbonyl (C=O) groups excluding carboxylic acids is 2. The van der Waals surface area contributed by atoms with Crippen molar-refractivity contribution in [3.8, 4) is 11.1 Å². The Balaban J connectivity index is 2.45. The first-order valence-corrected chi connectivity index (χ1v) is 8.17. The molecule has 0 saturated heterocycles. The van der Waals surface area contributed by atoms with Crippen LogP contribution in [0.2, 0.25) is 0 Å². The monoisotopic (exact) mass is 337 g/mol. The van der Waals surface area contributed by atoms with Crippen LogP contribution in [0.1, 0.15) is 22.8 Å². The summed E-state index contributed by atoms with van der Waals surface area (Å²) in [5, 5.41) is 4.92. The van der Waals surface area contributed by atoms with E-state index < -0.39 is 5.97 Å². The second-order valence-corrected chi connectivity index (χ2v) is 5.72. The van der Waals surface area contributed by atoms with E-state index in [1.807, 2.05) is 29.6 Å². The van der Waals surface area contributed by atoms with E-state index in [1.54, 1.807) is 0 Å². The summed E-state index contributed by atoms with van der Waals surface area (Å²) < 4.78 is 4.84. The summed E-state index contributed by atoms with van der Waals surface area (Å²) in [6.45, 7) is 2.08. The average Bonchev–Trinajstić information content (AvgIpc) is 2.97. The smallest absolute Gasteiger partial charge is 0.341 e. The van der Waals surface area contributed by atoms with Crippen LogP contribution in [0.4, 0.5) is 5.00 Å². The van der Waals surface area contributed by atoms with Gasteiger partial charge >= 0.3 is 5.97 Å². The van der Waals surface area contributed by atoms with Crippen LogP contribution in [0, 0.1) is 0 Å². The number of rotatable bonds is 5. The third kappa shape index (κ3) is 3.48. The molecule has 1 amide bonds. The fraction of sp³-hybridized carbons (Fsp3) is 0.250. The summed E-state index contributed by atoms with van der Waals surface area (Å²) in [4.78, 5) is 23.6. The van der Waals surface area contributed by atoms with Crippen molar-refractivity contribution in [1.29, 1.82) is 0 Å². The van der Waals surface area contributed by atoms with Crippen LogP contribution in [0.5, 0.6) is 0 Å². The zero-order valence-electron chi connectivity index (χ0n) is 12.3. The number of aryl methyl sites for hydroxylation is 1. The lowest BCUT2D eigenvalue weighted by molar-refractivity contribution is -0.113. The number of esters is 1. The molecule has 2 aromatic rings. The van der Waals surface area contributed by atoms with Crippen molar-refractivity contribution in [3.63, 3.8) is 0 Å². The molecule has 0 spiro atoms. The molecule has 0 unspecified atom stereocenters. The Hall–Kier alpha value is -1.85. The Morgan fingerprint density at radius 2 is 1.95 bits per heavy atom. The van der Waals surface area contributed by atoms with Gasteiger partial charge in [-0.25, -0.2) is 4.79 Å². The lowest BCUT2D eigenvalue weighted by Crippen LogP contribution is -2.14. The summed E-state index contributed by atoms with van der Waals surface area (Å²) in [7, 11) is 1.32.